The standard InChI is InChI=1S/C44H34.C31H26.C3H8/c1-31-17-27-40-41-28-22-37(34-15-9-4-10-16-34)30-43(41)44(42(40)29-31,38-23-18-35(19-24-38)32-11-5-2-6-12-32)39-25-20-36(21-26-39)33-13-7-3-8-14-33;1-3-9-26(10-4-1)27-19-15-24(16-20-27)23-25-17-21-29(22-18-25)31-14-8-7-13-30(31)28-11-5-2-6-12-28;1-3-2/h2,4-7,9-30H,3,8H2,1H3;1-6,9-22H,7-8,23H2;3H2,1-2H3. The molecular weight excluding hydrogens is 937 g/mol. The van der Waals surface area contributed by atoms with E-state index in [1.807, 2.05) is 0 Å². The highest BCUT2D eigenvalue weighted by molar-refractivity contribution is 6.05. The van der Waals surface area contributed by atoms with Gasteiger partial charge in [0.2, 0.25) is 0 Å². The van der Waals surface area contributed by atoms with E-state index in [1.54, 1.807) is 0 Å². The Morgan fingerprint density at radius 3 is 1.19 bits per heavy atom. The quantitative estimate of drug-likeness (QED) is 0.128. The summed E-state index contributed by atoms with van der Waals surface area (Å²) < 4.78 is 0. The van der Waals surface area contributed by atoms with E-state index in [2.05, 4.69) is 306 Å². The molecule has 13 rings (SSSR count). The first kappa shape index (κ1) is 51.3. The molecule has 0 heteroatoms. The maximum atomic E-state index is 2.45. The van der Waals surface area contributed by atoms with Crippen molar-refractivity contribution in [3.8, 4) is 44.5 Å². The highest BCUT2D eigenvalue weighted by Gasteiger charge is 2.46. The van der Waals surface area contributed by atoms with Crippen LogP contribution in [-0.4, -0.2) is 0 Å². The summed E-state index contributed by atoms with van der Waals surface area (Å²) in [5.41, 5.74) is 26.8. The molecule has 3 aliphatic carbocycles. The predicted octanol–water partition coefficient (Wildman–Crippen LogP) is 21.0. The summed E-state index contributed by atoms with van der Waals surface area (Å²) in [6.45, 7) is 6.47. The summed E-state index contributed by atoms with van der Waals surface area (Å²) >= 11 is 0. The number of hydrogen-bond acceptors (Lipinski definition) is 0. The van der Waals surface area contributed by atoms with Gasteiger partial charge in [-0.05, 0) is 156 Å². The molecule has 0 spiro atoms. The Labute approximate surface area is 464 Å². The zero-order chi connectivity index (χ0) is 53.1. The molecule has 0 radical (unpaired) electrons. The molecule has 0 saturated carbocycles. The van der Waals surface area contributed by atoms with Gasteiger partial charge in [-0.15, -0.1) is 0 Å². The molecular formula is C78H68. The number of benzene rings is 10. The van der Waals surface area contributed by atoms with E-state index in [9.17, 15) is 0 Å². The van der Waals surface area contributed by atoms with Gasteiger partial charge < -0.3 is 0 Å². The van der Waals surface area contributed by atoms with E-state index in [1.165, 1.54) is 123 Å². The molecule has 0 N–H and O–H groups in total. The molecule has 0 nitrogen and oxygen atoms in total. The van der Waals surface area contributed by atoms with Gasteiger partial charge in [0, 0.05) is 0 Å². The lowest BCUT2D eigenvalue weighted by Gasteiger charge is -2.34. The molecule has 78 heavy (non-hydrogen) atoms. The van der Waals surface area contributed by atoms with Crippen LogP contribution >= 0.6 is 0 Å². The van der Waals surface area contributed by atoms with E-state index < -0.39 is 5.41 Å². The van der Waals surface area contributed by atoms with Crippen LogP contribution in [0.1, 0.15) is 102 Å². The molecule has 0 fully saturated rings. The maximum Gasteiger partial charge on any atom is 0.0713 e. The van der Waals surface area contributed by atoms with Gasteiger partial charge >= 0.3 is 0 Å². The minimum Gasteiger partial charge on any atom is -0.0836 e. The van der Waals surface area contributed by atoms with E-state index in [0.29, 0.717) is 0 Å². The SMILES string of the molecule is C1=C(c2ccccc2)C(c2ccc(Cc3ccc(-c4ccccc4)cc3)cc2)=CCC1.CCC.Cc1ccc2c(c1)C(c1ccc(C3=CCCC=C3)cc1)(c1ccc(-c3ccccc3)cc1)c1cc(-c3ccccc3)ccc1-2. The molecule has 0 amide bonds. The minimum absolute atomic E-state index is 0.452. The average Bonchev–Trinajstić information content (AvgIpc) is 3.96. The second kappa shape index (κ2) is 24.0. The molecule has 1 unspecified atom stereocenters. The zero-order valence-corrected chi connectivity index (χ0v) is 45.4. The van der Waals surface area contributed by atoms with Crippen LogP contribution in [0.15, 0.2) is 285 Å². The average molecular weight is 1010 g/mol. The lowest BCUT2D eigenvalue weighted by molar-refractivity contribution is 0.768. The highest BCUT2D eigenvalue weighted by atomic mass is 14.5. The smallest absolute Gasteiger partial charge is 0.0713 e. The van der Waals surface area contributed by atoms with Gasteiger partial charge in [0.05, 0.1) is 5.41 Å². The van der Waals surface area contributed by atoms with E-state index >= 15 is 0 Å². The number of aryl methyl sites for hydroxylation is 1. The third-order valence-corrected chi connectivity index (χ3v) is 15.4. The molecule has 0 heterocycles. The lowest BCUT2D eigenvalue weighted by atomic mass is 9.67. The maximum absolute atomic E-state index is 2.45. The van der Waals surface area contributed by atoms with Gasteiger partial charge in [-0.1, -0.05) is 305 Å². The lowest BCUT2D eigenvalue weighted by Crippen LogP contribution is -2.28. The van der Waals surface area contributed by atoms with Gasteiger partial charge in [-0.2, -0.15) is 0 Å². The first-order valence-electron chi connectivity index (χ1n) is 28.1. The first-order valence-corrected chi connectivity index (χ1v) is 28.1. The van der Waals surface area contributed by atoms with Crippen molar-refractivity contribution in [3.63, 3.8) is 0 Å². The van der Waals surface area contributed by atoms with Crippen molar-refractivity contribution in [2.75, 3.05) is 0 Å². The molecule has 0 bridgehead atoms. The van der Waals surface area contributed by atoms with Crippen LogP contribution in [0.2, 0.25) is 0 Å². The van der Waals surface area contributed by atoms with Gasteiger partial charge in [0.1, 0.15) is 0 Å². The third-order valence-electron chi connectivity index (χ3n) is 15.4. The number of rotatable bonds is 10. The van der Waals surface area contributed by atoms with Crippen molar-refractivity contribution < 1.29 is 0 Å². The number of fused-ring (bicyclic) bond motifs is 3. The van der Waals surface area contributed by atoms with E-state index in [-0.39, 0.29) is 0 Å². The number of allylic oxidation sites excluding steroid dienone is 8. The van der Waals surface area contributed by atoms with Crippen LogP contribution in [0.25, 0.3) is 61.2 Å². The molecule has 10 aromatic carbocycles. The monoisotopic (exact) mass is 1000 g/mol. The number of hydrogen-bond donors (Lipinski definition) is 0. The Bertz CT molecular complexity index is 3720. The fourth-order valence-electron chi connectivity index (χ4n) is 11.6. The Morgan fingerprint density at radius 2 is 0.705 bits per heavy atom. The molecule has 10 aromatic rings. The molecule has 3 aliphatic rings. The largest absolute Gasteiger partial charge is 0.0836 e. The van der Waals surface area contributed by atoms with Crippen LogP contribution in [0, 0.1) is 6.92 Å². The van der Waals surface area contributed by atoms with Crippen molar-refractivity contribution in [1.29, 1.82) is 0 Å². The zero-order valence-electron chi connectivity index (χ0n) is 45.4. The first-order chi connectivity index (χ1) is 38.5. The van der Waals surface area contributed by atoms with E-state index in [4.69, 9.17) is 0 Å². The van der Waals surface area contributed by atoms with Crippen LogP contribution in [0.3, 0.4) is 0 Å². The van der Waals surface area contributed by atoms with Gasteiger partial charge in [0.25, 0.3) is 0 Å². The van der Waals surface area contributed by atoms with Gasteiger partial charge in [-0.3, -0.25) is 0 Å². The van der Waals surface area contributed by atoms with Crippen molar-refractivity contribution in [2.24, 2.45) is 0 Å². The molecule has 0 aromatic heterocycles. The topological polar surface area (TPSA) is 0 Å². The van der Waals surface area contributed by atoms with Gasteiger partial charge in [-0.25, -0.2) is 0 Å². The van der Waals surface area contributed by atoms with Crippen molar-refractivity contribution in [3.05, 3.63) is 341 Å². The second-order valence-corrected chi connectivity index (χ2v) is 20.9. The molecule has 0 saturated heterocycles. The third kappa shape index (κ3) is 10.9. The Hall–Kier alpha value is -8.84. The summed E-state index contributed by atoms with van der Waals surface area (Å²) in [5, 5.41) is 0. The van der Waals surface area contributed by atoms with E-state index in [0.717, 1.165) is 32.1 Å². The summed E-state index contributed by atoms with van der Waals surface area (Å²) in [5.74, 6) is 0. The molecule has 380 valence electrons. The highest BCUT2D eigenvalue weighted by Crippen LogP contribution is 2.57. The fraction of sp³-hybridized carbons (Fsp3) is 0.128. The van der Waals surface area contributed by atoms with Crippen molar-refractivity contribution in [1.82, 2.24) is 0 Å². The van der Waals surface area contributed by atoms with Crippen LogP contribution in [0.4, 0.5) is 0 Å². The fourth-order valence-corrected chi connectivity index (χ4v) is 11.6. The Morgan fingerprint density at radius 1 is 0.333 bits per heavy atom. The summed E-state index contributed by atoms with van der Waals surface area (Å²) in [6, 6.07) is 93.6. The van der Waals surface area contributed by atoms with Crippen molar-refractivity contribution in [2.45, 2.75) is 64.7 Å². The van der Waals surface area contributed by atoms with Crippen LogP contribution < -0.4 is 0 Å². The second-order valence-electron chi connectivity index (χ2n) is 20.9. The summed E-state index contributed by atoms with van der Waals surface area (Å²) in [6.07, 6.45) is 18.4. The van der Waals surface area contributed by atoms with Gasteiger partial charge in [0.15, 0.2) is 0 Å². The summed E-state index contributed by atoms with van der Waals surface area (Å²) in [7, 11) is 0. The normalized spacial score (nSPS) is 15.0. The predicted molar refractivity (Wildman–Crippen MR) is 334 cm³/mol. The molecule has 1 atom stereocenters. The minimum atomic E-state index is -0.452. The van der Waals surface area contributed by atoms with Crippen molar-refractivity contribution >= 4 is 16.7 Å². The summed E-state index contributed by atoms with van der Waals surface area (Å²) in [4.78, 5) is 0. The Kier molecular flexibility index (Phi) is 15.8. The van der Waals surface area contributed by atoms with Crippen LogP contribution in [-0.2, 0) is 11.8 Å². The van der Waals surface area contributed by atoms with Crippen LogP contribution in [0.5, 0.6) is 0 Å². The Balaban J connectivity index is 0.000000167. The molecule has 0 aliphatic heterocycles.